The van der Waals surface area contributed by atoms with Crippen LogP contribution in [-0.4, -0.2) is 43.9 Å². The standard InChI is InChI=1S/C16H14BrClF3N3O2S/c17-12-1-3-13(4-2-12)27(25,26)24-7-5-23(6-8-24)15-14(18)9-11(10-22-15)16(19,20)21/h1-4,9-10H,5-8H2. The molecular weight excluding hydrogens is 471 g/mol. The molecule has 1 aliphatic heterocycles. The smallest absolute Gasteiger partial charge is 0.353 e. The maximum absolute atomic E-state index is 12.7. The van der Waals surface area contributed by atoms with Crippen molar-refractivity contribution in [2.24, 2.45) is 0 Å². The summed E-state index contributed by atoms with van der Waals surface area (Å²) < 4.78 is 65.7. The molecule has 5 nitrogen and oxygen atoms in total. The summed E-state index contributed by atoms with van der Waals surface area (Å²) in [5.41, 5.74) is -0.923. The zero-order valence-electron chi connectivity index (χ0n) is 13.7. The Morgan fingerprint density at radius 1 is 1.07 bits per heavy atom. The van der Waals surface area contributed by atoms with Crippen molar-refractivity contribution in [1.29, 1.82) is 0 Å². The lowest BCUT2D eigenvalue weighted by atomic mass is 10.2. The maximum atomic E-state index is 12.7. The SMILES string of the molecule is O=S(=O)(c1ccc(Br)cc1)N1CCN(c2ncc(C(F)(F)F)cc2Cl)CC1. The van der Waals surface area contributed by atoms with E-state index in [1.807, 2.05) is 0 Å². The minimum absolute atomic E-state index is 0.117. The van der Waals surface area contributed by atoms with Gasteiger partial charge in [0, 0.05) is 36.8 Å². The Hall–Kier alpha value is -1.36. The van der Waals surface area contributed by atoms with Gasteiger partial charge >= 0.3 is 6.18 Å². The van der Waals surface area contributed by atoms with Gasteiger partial charge in [-0.2, -0.15) is 17.5 Å². The summed E-state index contributed by atoms with van der Waals surface area (Å²) in [6.07, 6.45) is -3.79. The summed E-state index contributed by atoms with van der Waals surface area (Å²) >= 11 is 9.23. The Bertz CT molecular complexity index is 931. The lowest BCUT2D eigenvalue weighted by Gasteiger charge is -2.35. The molecule has 1 aliphatic rings. The van der Waals surface area contributed by atoms with E-state index in [2.05, 4.69) is 20.9 Å². The molecule has 0 atom stereocenters. The number of nitrogens with zero attached hydrogens (tertiary/aromatic N) is 3. The van der Waals surface area contributed by atoms with Crippen LogP contribution in [0.1, 0.15) is 5.56 Å². The summed E-state index contributed by atoms with van der Waals surface area (Å²) in [7, 11) is -3.64. The molecule has 2 aromatic rings. The molecule has 27 heavy (non-hydrogen) atoms. The van der Waals surface area contributed by atoms with Crippen molar-refractivity contribution in [1.82, 2.24) is 9.29 Å². The van der Waals surface area contributed by atoms with E-state index in [4.69, 9.17) is 11.6 Å². The van der Waals surface area contributed by atoms with Gasteiger partial charge in [-0.15, -0.1) is 0 Å². The molecule has 1 fully saturated rings. The number of piperazine rings is 1. The predicted octanol–water partition coefficient (Wildman–Crippen LogP) is 4.03. The first-order chi connectivity index (χ1) is 12.6. The number of pyridine rings is 1. The van der Waals surface area contributed by atoms with Crippen LogP contribution in [0.5, 0.6) is 0 Å². The molecule has 0 amide bonds. The van der Waals surface area contributed by atoms with Crippen molar-refractivity contribution in [2.45, 2.75) is 11.1 Å². The van der Waals surface area contributed by atoms with E-state index in [0.29, 0.717) is 0 Å². The van der Waals surface area contributed by atoms with Gasteiger partial charge in [0.05, 0.1) is 15.5 Å². The third kappa shape index (κ3) is 4.39. The number of rotatable bonds is 3. The van der Waals surface area contributed by atoms with Gasteiger partial charge in [-0.25, -0.2) is 13.4 Å². The largest absolute Gasteiger partial charge is 0.417 e. The van der Waals surface area contributed by atoms with Crippen molar-refractivity contribution in [3.8, 4) is 0 Å². The molecule has 0 unspecified atom stereocenters. The molecule has 1 saturated heterocycles. The van der Waals surface area contributed by atoms with Crippen LogP contribution >= 0.6 is 27.5 Å². The van der Waals surface area contributed by atoms with Crippen molar-refractivity contribution < 1.29 is 21.6 Å². The summed E-state index contributed by atoms with van der Waals surface area (Å²) in [4.78, 5) is 5.69. The van der Waals surface area contributed by atoms with Gasteiger partial charge < -0.3 is 4.90 Å². The first-order valence-corrected chi connectivity index (χ1v) is 10.4. The Morgan fingerprint density at radius 2 is 1.67 bits per heavy atom. The highest BCUT2D eigenvalue weighted by Crippen LogP contribution is 2.34. The summed E-state index contributed by atoms with van der Waals surface area (Å²) in [6.45, 7) is 0.899. The van der Waals surface area contributed by atoms with E-state index in [9.17, 15) is 21.6 Å². The van der Waals surface area contributed by atoms with E-state index < -0.39 is 21.8 Å². The van der Waals surface area contributed by atoms with Gasteiger partial charge in [0.25, 0.3) is 0 Å². The number of hydrogen-bond acceptors (Lipinski definition) is 4. The van der Waals surface area contributed by atoms with Crippen molar-refractivity contribution in [3.05, 3.63) is 51.6 Å². The van der Waals surface area contributed by atoms with Gasteiger partial charge in [0.15, 0.2) is 0 Å². The summed E-state index contributed by atoms with van der Waals surface area (Å²) in [5.74, 6) is 0.213. The van der Waals surface area contributed by atoms with Crippen molar-refractivity contribution >= 4 is 43.4 Å². The molecule has 1 aromatic heterocycles. The zero-order valence-corrected chi connectivity index (χ0v) is 16.9. The van der Waals surface area contributed by atoms with Crippen LogP contribution in [0.4, 0.5) is 19.0 Å². The van der Waals surface area contributed by atoms with Crippen LogP contribution in [0.3, 0.4) is 0 Å². The molecule has 2 heterocycles. The van der Waals surface area contributed by atoms with Crippen LogP contribution in [0, 0.1) is 0 Å². The van der Waals surface area contributed by atoms with Crippen LogP contribution in [0.2, 0.25) is 5.02 Å². The second kappa shape index (κ2) is 7.57. The maximum Gasteiger partial charge on any atom is 0.417 e. The average Bonchev–Trinajstić information content (AvgIpc) is 2.61. The molecule has 0 bridgehead atoms. The average molecular weight is 485 g/mol. The number of sulfonamides is 1. The van der Waals surface area contributed by atoms with Gasteiger partial charge in [-0.3, -0.25) is 0 Å². The monoisotopic (exact) mass is 483 g/mol. The van der Waals surface area contributed by atoms with Gasteiger partial charge in [0.1, 0.15) is 5.82 Å². The highest BCUT2D eigenvalue weighted by molar-refractivity contribution is 9.10. The first-order valence-electron chi connectivity index (χ1n) is 7.82. The lowest BCUT2D eigenvalue weighted by molar-refractivity contribution is -0.137. The van der Waals surface area contributed by atoms with Gasteiger partial charge in [-0.1, -0.05) is 27.5 Å². The van der Waals surface area contributed by atoms with Gasteiger partial charge in [0.2, 0.25) is 10.0 Å². The molecular formula is C16H14BrClF3N3O2S. The van der Waals surface area contributed by atoms with Gasteiger partial charge in [-0.05, 0) is 30.3 Å². The number of alkyl halides is 3. The molecule has 0 saturated carbocycles. The molecule has 0 aliphatic carbocycles. The highest BCUT2D eigenvalue weighted by Gasteiger charge is 2.33. The van der Waals surface area contributed by atoms with Crippen molar-refractivity contribution in [2.75, 3.05) is 31.1 Å². The summed E-state index contributed by atoms with van der Waals surface area (Å²) in [6, 6.07) is 7.15. The van der Waals surface area contributed by atoms with E-state index in [1.165, 1.54) is 16.4 Å². The topological polar surface area (TPSA) is 53.5 Å². The van der Waals surface area contributed by atoms with Crippen LogP contribution in [0.15, 0.2) is 45.9 Å². The third-order valence-electron chi connectivity index (χ3n) is 4.14. The second-order valence-corrected chi connectivity index (χ2v) is 9.13. The Balaban J connectivity index is 1.73. The molecule has 0 N–H and O–H groups in total. The third-order valence-corrected chi connectivity index (χ3v) is 6.86. The van der Waals surface area contributed by atoms with Crippen LogP contribution in [-0.2, 0) is 16.2 Å². The fourth-order valence-electron chi connectivity index (χ4n) is 2.71. The fourth-order valence-corrected chi connectivity index (χ4v) is 4.69. The quantitative estimate of drug-likeness (QED) is 0.660. The Labute approximate surface area is 167 Å². The minimum Gasteiger partial charge on any atom is -0.353 e. The van der Waals surface area contributed by atoms with E-state index in [1.54, 1.807) is 17.0 Å². The zero-order chi connectivity index (χ0) is 19.8. The highest BCUT2D eigenvalue weighted by atomic mass is 79.9. The second-order valence-electron chi connectivity index (χ2n) is 5.87. The number of halogens is 5. The Kier molecular flexibility index (Phi) is 5.72. The van der Waals surface area contributed by atoms with E-state index in [-0.39, 0.29) is 41.9 Å². The molecule has 146 valence electrons. The predicted molar refractivity (Wildman–Crippen MR) is 99.4 cm³/mol. The Morgan fingerprint density at radius 3 is 2.19 bits per heavy atom. The fraction of sp³-hybridized carbons (Fsp3) is 0.312. The normalized spacial score (nSPS) is 16.6. The summed E-state index contributed by atoms with van der Waals surface area (Å²) in [5, 5.41) is -0.117. The first kappa shape index (κ1) is 20.4. The number of hydrogen-bond donors (Lipinski definition) is 0. The van der Waals surface area contributed by atoms with Crippen molar-refractivity contribution in [3.63, 3.8) is 0 Å². The number of benzene rings is 1. The van der Waals surface area contributed by atoms with Crippen LogP contribution in [0.25, 0.3) is 0 Å². The molecule has 0 radical (unpaired) electrons. The van der Waals surface area contributed by atoms with E-state index >= 15 is 0 Å². The molecule has 0 spiro atoms. The lowest BCUT2D eigenvalue weighted by Crippen LogP contribution is -2.49. The number of aromatic nitrogens is 1. The molecule has 3 rings (SSSR count). The van der Waals surface area contributed by atoms with Crippen LogP contribution < -0.4 is 4.90 Å². The minimum atomic E-state index is -4.52. The molecule has 11 heteroatoms. The molecule has 1 aromatic carbocycles. The van der Waals surface area contributed by atoms with E-state index in [0.717, 1.165) is 16.7 Å². The number of anilines is 1.